The number of benzene rings is 6. The maximum Gasteiger partial charge on any atom is 0.417 e. The standard InChI is InChI=1S/C40H25F3N2O2/c1-24-14-20-29(33(22-24)40(41,42)43)27-17-21-35-32(23-27)30-10-5-6-12-34(30)45(35)36-13-7-11-31-37(36)39(47)44(38(31)46)28-18-15-26(16-19-28)25-8-3-2-4-9-25/h2-23H,1H3. The Morgan fingerprint density at radius 2 is 1.23 bits per heavy atom. The average Bonchev–Trinajstić information content (AvgIpc) is 3.55. The van der Waals surface area contributed by atoms with E-state index >= 15 is 0 Å². The van der Waals surface area contributed by atoms with Crippen molar-refractivity contribution in [2.24, 2.45) is 0 Å². The minimum Gasteiger partial charge on any atom is -0.308 e. The third-order valence-corrected chi connectivity index (χ3v) is 8.83. The second kappa shape index (κ2) is 10.6. The van der Waals surface area contributed by atoms with Gasteiger partial charge in [-0.3, -0.25) is 9.59 Å². The summed E-state index contributed by atoms with van der Waals surface area (Å²) in [5.41, 5.74) is 5.36. The molecule has 0 N–H and O–H groups in total. The zero-order valence-corrected chi connectivity index (χ0v) is 25.0. The van der Waals surface area contributed by atoms with Gasteiger partial charge in [-0.15, -0.1) is 0 Å². The van der Waals surface area contributed by atoms with E-state index in [0.717, 1.165) is 27.4 Å². The van der Waals surface area contributed by atoms with Gasteiger partial charge in [0, 0.05) is 10.8 Å². The number of para-hydroxylation sites is 1. The van der Waals surface area contributed by atoms with Gasteiger partial charge in [-0.2, -0.15) is 13.2 Å². The number of nitrogens with zero attached hydrogens (tertiary/aromatic N) is 2. The molecule has 0 aliphatic carbocycles. The number of fused-ring (bicyclic) bond motifs is 4. The maximum atomic E-state index is 14.1. The fourth-order valence-electron chi connectivity index (χ4n) is 6.67. The number of rotatable bonds is 4. The zero-order chi connectivity index (χ0) is 32.4. The van der Waals surface area contributed by atoms with E-state index in [9.17, 15) is 22.8 Å². The van der Waals surface area contributed by atoms with Crippen LogP contribution in [-0.2, 0) is 6.18 Å². The first-order chi connectivity index (χ1) is 22.7. The van der Waals surface area contributed by atoms with Gasteiger partial charge >= 0.3 is 6.18 Å². The summed E-state index contributed by atoms with van der Waals surface area (Å²) in [5.74, 6) is -0.855. The molecule has 7 aromatic rings. The van der Waals surface area contributed by atoms with Crippen molar-refractivity contribution in [2.45, 2.75) is 13.1 Å². The first-order valence-electron chi connectivity index (χ1n) is 15.1. The lowest BCUT2D eigenvalue weighted by Crippen LogP contribution is -2.29. The second-order valence-electron chi connectivity index (χ2n) is 11.7. The molecule has 1 aromatic heterocycles. The molecule has 228 valence electrons. The van der Waals surface area contributed by atoms with Gasteiger partial charge < -0.3 is 4.57 Å². The summed E-state index contributed by atoms with van der Waals surface area (Å²) in [6.45, 7) is 1.64. The van der Waals surface area contributed by atoms with Crippen LogP contribution < -0.4 is 4.90 Å². The Bertz CT molecular complexity index is 2390. The lowest BCUT2D eigenvalue weighted by molar-refractivity contribution is -0.137. The molecule has 0 spiro atoms. The number of imide groups is 1. The van der Waals surface area contributed by atoms with Crippen LogP contribution >= 0.6 is 0 Å². The summed E-state index contributed by atoms with van der Waals surface area (Å²) in [4.78, 5) is 29.1. The van der Waals surface area contributed by atoms with E-state index in [2.05, 4.69) is 0 Å². The van der Waals surface area contributed by atoms with Crippen molar-refractivity contribution >= 4 is 39.3 Å². The highest BCUT2D eigenvalue weighted by atomic mass is 19.4. The predicted molar refractivity (Wildman–Crippen MR) is 179 cm³/mol. The molecule has 0 fully saturated rings. The lowest BCUT2D eigenvalue weighted by atomic mass is 9.96. The van der Waals surface area contributed by atoms with Crippen molar-refractivity contribution in [1.82, 2.24) is 4.57 Å². The van der Waals surface area contributed by atoms with E-state index in [1.54, 1.807) is 61.5 Å². The molecule has 0 radical (unpaired) electrons. The molecule has 1 aliphatic rings. The van der Waals surface area contributed by atoms with Gasteiger partial charge in [0.15, 0.2) is 0 Å². The first kappa shape index (κ1) is 28.5. The highest BCUT2D eigenvalue weighted by molar-refractivity contribution is 6.35. The third-order valence-electron chi connectivity index (χ3n) is 8.83. The van der Waals surface area contributed by atoms with E-state index in [-0.39, 0.29) is 16.7 Å². The zero-order valence-electron chi connectivity index (χ0n) is 25.0. The maximum absolute atomic E-state index is 14.1. The molecule has 2 heterocycles. The van der Waals surface area contributed by atoms with Crippen molar-refractivity contribution in [3.05, 3.63) is 156 Å². The molecule has 0 bridgehead atoms. The van der Waals surface area contributed by atoms with Crippen molar-refractivity contribution in [3.8, 4) is 27.9 Å². The Balaban J connectivity index is 1.27. The number of aryl methyl sites for hydroxylation is 1. The largest absolute Gasteiger partial charge is 0.417 e. The molecule has 6 aromatic carbocycles. The summed E-state index contributed by atoms with van der Waals surface area (Å²) in [6.07, 6.45) is -4.52. The molecule has 0 saturated carbocycles. The summed E-state index contributed by atoms with van der Waals surface area (Å²) in [6, 6.07) is 39.5. The Morgan fingerprint density at radius 3 is 2.00 bits per heavy atom. The molecule has 2 amide bonds. The number of hydrogen-bond acceptors (Lipinski definition) is 2. The van der Waals surface area contributed by atoms with Gasteiger partial charge in [-0.25, -0.2) is 4.90 Å². The van der Waals surface area contributed by atoms with Crippen LogP contribution in [0.4, 0.5) is 18.9 Å². The Hall–Kier alpha value is -5.95. The van der Waals surface area contributed by atoms with Crippen LogP contribution in [0.5, 0.6) is 0 Å². The molecule has 1 aliphatic heterocycles. The van der Waals surface area contributed by atoms with E-state index in [1.165, 1.54) is 17.0 Å². The molecule has 8 rings (SSSR count). The number of alkyl halides is 3. The van der Waals surface area contributed by atoms with E-state index in [0.29, 0.717) is 28.0 Å². The van der Waals surface area contributed by atoms with Crippen LogP contribution in [0.1, 0.15) is 31.8 Å². The van der Waals surface area contributed by atoms with Crippen molar-refractivity contribution < 1.29 is 22.8 Å². The van der Waals surface area contributed by atoms with Crippen molar-refractivity contribution in [2.75, 3.05) is 4.90 Å². The van der Waals surface area contributed by atoms with E-state index < -0.39 is 23.6 Å². The smallest absolute Gasteiger partial charge is 0.308 e. The number of anilines is 1. The third kappa shape index (κ3) is 4.54. The van der Waals surface area contributed by atoms with Gasteiger partial charge in [0.25, 0.3) is 11.8 Å². The van der Waals surface area contributed by atoms with Crippen molar-refractivity contribution in [3.63, 3.8) is 0 Å². The molecule has 0 atom stereocenters. The number of amides is 2. The summed E-state index contributed by atoms with van der Waals surface area (Å²) < 4.78 is 44.2. The molecule has 4 nitrogen and oxygen atoms in total. The molecular weight excluding hydrogens is 597 g/mol. The Kier molecular flexibility index (Phi) is 6.41. The van der Waals surface area contributed by atoms with E-state index in [4.69, 9.17) is 0 Å². The van der Waals surface area contributed by atoms with Crippen LogP contribution in [0.15, 0.2) is 133 Å². The Labute approximate surface area is 267 Å². The number of carbonyl (C=O) groups excluding carboxylic acids is 2. The molecular formula is C40H25F3N2O2. The van der Waals surface area contributed by atoms with Gasteiger partial charge in [0.1, 0.15) is 0 Å². The van der Waals surface area contributed by atoms with Crippen LogP contribution in [-0.4, -0.2) is 16.4 Å². The van der Waals surface area contributed by atoms with Gasteiger partial charge in [0.2, 0.25) is 0 Å². The molecule has 47 heavy (non-hydrogen) atoms. The minimum absolute atomic E-state index is 0.0946. The summed E-state index contributed by atoms with van der Waals surface area (Å²) in [7, 11) is 0. The second-order valence-corrected chi connectivity index (χ2v) is 11.7. The quantitative estimate of drug-likeness (QED) is 0.183. The van der Waals surface area contributed by atoms with E-state index in [1.807, 2.05) is 71.3 Å². The normalized spacial score (nSPS) is 13.1. The topological polar surface area (TPSA) is 42.3 Å². The monoisotopic (exact) mass is 622 g/mol. The van der Waals surface area contributed by atoms with Gasteiger partial charge in [-0.1, -0.05) is 90.5 Å². The lowest BCUT2D eigenvalue weighted by Gasteiger charge is -2.16. The number of hydrogen-bond donors (Lipinski definition) is 0. The van der Waals surface area contributed by atoms with Crippen LogP contribution in [0.2, 0.25) is 0 Å². The number of halogens is 3. The Morgan fingerprint density at radius 1 is 0.553 bits per heavy atom. The highest BCUT2D eigenvalue weighted by Gasteiger charge is 2.39. The fourth-order valence-corrected chi connectivity index (χ4v) is 6.67. The summed E-state index contributed by atoms with van der Waals surface area (Å²) in [5, 5.41) is 1.54. The fraction of sp³-hybridized carbons (Fsp3) is 0.0500. The molecule has 0 unspecified atom stereocenters. The summed E-state index contributed by atoms with van der Waals surface area (Å²) >= 11 is 0. The number of aromatic nitrogens is 1. The number of carbonyl (C=O) groups is 2. The van der Waals surface area contributed by atoms with Gasteiger partial charge in [-0.05, 0) is 77.7 Å². The molecule has 0 saturated heterocycles. The average molecular weight is 623 g/mol. The van der Waals surface area contributed by atoms with Crippen LogP contribution in [0.25, 0.3) is 49.7 Å². The first-order valence-corrected chi connectivity index (χ1v) is 15.1. The highest BCUT2D eigenvalue weighted by Crippen LogP contribution is 2.42. The van der Waals surface area contributed by atoms with Crippen LogP contribution in [0, 0.1) is 6.92 Å². The molecule has 7 heteroatoms. The van der Waals surface area contributed by atoms with Crippen LogP contribution in [0.3, 0.4) is 0 Å². The predicted octanol–water partition coefficient (Wildman–Crippen LogP) is 10.2. The van der Waals surface area contributed by atoms with Crippen molar-refractivity contribution in [1.29, 1.82) is 0 Å². The van der Waals surface area contributed by atoms with Gasteiger partial charge in [0.05, 0.1) is 39.1 Å². The SMILES string of the molecule is Cc1ccc(-c2ccc3c(c2)c2ccccc2n3-c2cccc3c2C(=O)N(c2ccc(-c4ccccc4)cc2)C3=O)c(C(F)(F)F)c1. The minimum atomic E-state index is -4.52.